The van der Waals surface area contributed by atoms with Gasteiger partial charge in [0.2, 0.25) is 0 Å². The third-order valence-corrected chi connectivity index (χ3v) is 8.07. The summed E-state index contributed by atoms with van der Waals surface area (Å²) in [7, 11) is 0. The molecule has 0 bridgehead atoms. The van der Waals surface area contributed by atoms with E-state index in [4.69, 9.17) is 9.47 Å². The number of rotatable bonds is 4. The summed E-state index contributed by atoms with van der Waals surface area (Å²) in [5.41, 5.74) is -0.00642. The summed E-state index contributed by atoms with van der Waals surface area (Å²) in [6.07, 6.45) is 12.1. The molecule has 0 aromatic carbocycles. The number of ether oxygens (including phenoxy) is 2. The van der Waals surface area contributed by atoms with Crippen molar-refractivity contribution >= 4 is 0 Å². The van der Waals surface area contributed by atoms with Gasteiger partial charge in [0.25, 0.3) is 0 Å². The first-order chi connectivity index (χ1) is 12.5. The summed E-state index contributed by atoms with van der Waals surface area (Å²) >= 11 is 0. The minimum atomic E-state index is -0.431. The number of fused-ring (bicyclic) bond motifs is 2. The lowest BCUT2D eigenvalue weighted by molar-refractivity contribution is -0.365. The van der Waals surface area contributed by atoms with Crippen LogP contribution in [0.15, 0.2) is 12.2 Å². The Balaban J connectivity index is 1.51. The lowest BCUT2D eigenvalue weighted by atomic mass is 9.42. The van der Waals surface area contributed by atoms with E-state index in [1.807, 2.05) is 6.08 Å². The average Bonchev–Trinajstić information content (AvgIpc) is 3.13. The summed E-state index contributed by atoms with van der Waals surface area (Å²) in [4.78, 5) is 0. The van der Waals surface area contributed by atoms with Crippen LogP contribution in [0.5, 0.6) is 0 Å². The first-order valence-electron chi connectivity index (χ1n) is 10.8. The van der Waals surface area contributed by atoms with Gasteiger partial charge >= 0.3 is 0 Å². The first kappa shape index (κ1) is 18.9. The molecule has 1 saturated heterocycles. The molecule has 4 rings (SSSR count). The molecule has 3 aliphatic carbocycles. The van der Waals surface area contributed by atoms with Crippen LogP contribution in [0.1, 0.15) is 65.2 Å². The van der Waals surface area contributed by atoms with E-state index in [-0.39, 0.29) is 23.5 Å². The fourth-order valence-electron chi connectivity index (χ4n) is 6.65. The lowest BCUT2D eigenvalue weighted by Gasteiger charge is -2.67. The van der Waals surface area contributed by atoms with E-state index in [1.165, 1.54) is 19.3 Å². The second-order valence-electron chi connectivity index (χ2n) is 9.41. The molecule has 0 aromatic heterocycles. The van der Waals surface area contributed by atoms with E-state index in [0.717, 1.165) is 32.1 Å². The van der Waals surface area contributed by atoms with Gasteiger partial charge in [-0.15, -0.1) is 0 Å². The molecule has 3 saturated carbocycles. The Hall–Kier alpha value is -0.420. The molecule has 1 aliphatic heterocycles. The molecule has 4 nitrogen and oxygen atoms in total. The van der Waals surface area contributed by atoms with E-state index >= 15 is 0 Å². The second kappa shape index (κ2) is 7.20. The number of aliphatic hydroxyl groups is 2. The number of hydrogen-bond donors (Lipinski definition) is 2. The van der Waals surface area contributed by atoms with Crippen LogP contribution in [0.4, 0.5) is 0 Å². The van der Waals surface area contributed by atoms with Crippen LogP contribution in [0.25, 0.3) is 0 Å². The van der Waals surface area contributed by atoms with Crippen molar-refractivity contribution in [2.45, 2.75) is 83.2 Å². The molecular weight excluding hydrogens is 328 g/mol. The highest BCUT2D eigenvalue weighted by atomic mass is 16.7. The highest BCUT2D eigenvalue weighted by Gasteiger charge is 2.72. The van der Waals surface area contributed by atoms with Gasteiger partial charge in [-0.05, 0) is 43.4 Å². The zero-order valence-corrected chi connectivity index (χ0v) is 16.4. The Kier molecular flexibility index (Phi) is 5.24. The smallest absolute Gasteiger partial charge is 0.174 e. The summed E-state index contributed by atoms with van der Waals surface area (Å²) < 4.78 is 12.3. The normalized spacial score (nSPS) is 41.5. The van der Waals surface area contributed by atoms with Crippen LogP contribution in [0.2, 0.25) is 0 Å². The molecule has 4 fully saturated rings. The maximum Gasteiger partial charge on any atom is 0.174 e. The van der Waals surface area contributed by atoms with Gasteiger partial charge < -0.3 is 19.7 Å². The van der Waals surface area contributed by atoms with Gasteiger partial charge in [0, 0.05) is 17.8 Å². The zero-order chi connectivity index (χ0) is 18.4. The van der Waals surface area contributed by atoms with Crippen molar-refractivity contribution in [3.8, 4) is 0 Å². The van der Waals surface area contributed by atoms with Crippen LogP contribution in [-0.4, -0.2) is 41.4 Å². The lowest BCUT2D eigenvalue weighted by Crippen LogP contribution is -2.71. The largest absolute Gasteiger partial charge is 0.393 e. The second-order valence-corrected chi connectivity index (χ2v) is 9.41. The molecule has 1 spiro atoms. The summed E-state index contributed by atoms with van der Waals surface area (Å²) in [6, 6.07) is 0. The van der Waals surface area contributed by atoms with Crippen LogP contribution in [0, 0.1) is 29.1 Å². The SMILES string of the molecule is CC(C)[C@]12CC[C@@H](O)[C@H](/C=C/[C@@H](O)C3CCCCC3)[C@H]1CC21OCCO1. The van der Waals surface area contributed by atoms with E-state index in [1.54, 1.807) is 0 Å². The van der Waals surface area contributed by atoms with Crippen molar-refractivity contribution in [2.24, 2.45) is 29.1 Å². The van der Waals surface area contributed by atoms with Crippen LogP contribution in [-0.2, 0) is 9.47 Å². The topological polar surface area (TPSA) is 58.9 Å². The maximum absolute atomic E-state index is 10.7. The molecule has 0 radical (unpaired) electrons. The molecule has 26 heavy (non-hydrogen) atoms. The Bertz CT molecular complexity index is 518. The standard InChI is InChI=1S/C22H36O4/c1-15(2)21-11-10-20(24)17(18(21)14-22(21)25-12-13-26-22)8-9-19(23)16-6-4-3-5-7-16/h8-9,15-20,23-24H,3-7,10-14H2,1-2H3/b9-8+/t17-,18-,19-,20-,21-/m1/s1. The van der Waals surface area contributed by atoms with Gasteiger partial charge in [0.1, 0.15) is 0 Å². The van der Waals surface area contributed by atoms with Gasteiger partial charge in [-0.1, -0.05) is 45.3 Å². The minimum absolute atomic E-state index is 0.00642. The van der Waals surface area contributed by atoms with Crippen molar-refractivity contribution in [3.05, 3.63) is 12.2 Å². The van der Waals surface area contributed by atoms with Crippen molar-refractivity contribution in [3.63, 3.8) is 0 Å². The van der Waals surface area contributed by atoms with E-state index in [9.17, 15) is 10.2 Å². The molecule has 5 atom stereocenters. The van der Waals surface area contributed by atoms with Gasteiger partial charge in [0.05, 0.1) is 25.4 Å². The molecule has 2 N–H and O–H groups in total. The molecule has 4 heteroatoms. The quantitative estimate of drug-likeness (QED) is 0.748. The van der Waals surface area contributed by atoms with E-state index in [2.05, 4.69) is 19.9 Å². The zero-order valence-electron chi connectivity index (χ0n) is 16.4. The van der Waals surface area contributed by atoms with Gasteiger partial charge in [0.15, 0.2) is 5.79 Å². The monoisotopic (exact) mass is 364 g/mol. The molecule has 0 amide bonds. The van der Waals surface area contributed by atoms with Crippen molar-refractivity contribution < 1.29 is 19.7 Å². The molecule has 148 valence electrons. The van der Waals surface area contributed by atoms with Gasteiger partial charge in [-0.2, -0.15) is 0 Å². The van der Waals surface area contributed by atoms with Crippen molar-refractivity contribution in [1.82, 2.24) is 0 Å². The third-order valence-electron chi connectivity index (χ3n) is 8.07. The van der Waals surface area contributed by atoms with Crippen molar-refractivity contribution in [2.75, 3.05) is 13.2 Å². The van der Waals surface area contributed by atoms with E-state index in [0.29, 0.717) is 31.0 Å². The summed E-state index contributed by atoms with van der Waals surface area (Å²) in [5, 5.41) is 21.3. The van der Waals surface area contributed by atoms with Crippen LogP contribution in [0.3, 0.4) is 0 Å². The van der Waals surface area contributed by atoms with Gasteiger partial charge in [-0.25, -0.2) is 0 Å². The number of aliphatic hydroxyl groups excluding tert-OH is 2. The minimum Gasteiger partial charge on any atom is -0.393 e. The number of hydrogen-bond acceptors (Lipinski definition) is 4. The fraction of sp³-hybridized carbons (Fsp3) is 0.909. The molecule has 4 aliphatic rings. The highest BCUT2D eigenvalue weighted by Crippen LogP contribution is 2.69. The Labute approximate surface area is 158 Å². The molecule has 0 aromatic rings. The Morgan fingerprint density at radius 2 is 1.73 bits per heavy atom. The third kappa shape index (κ3) is 2.80. The van der Waals surface area contributed by atoms with Crippen LogP contribution < -0.4 is 0 Å². The van der Waals surface area contributed by atoms with E-state index < -0.39 is 5.79 Å². The summed E-state index contributed by atoms with van der Waals surface area (Å²) in [6.45, 7) is 5.91. The fourth-order valence-corrected chi connectivity index (χ4v) is 6.65. The molecule has 0 unspecified atom stereocenters. The maximum atomic E-state index is 10.7. The predicted molar refractivity (Wildman–Crippen MR) is 100 cm³/mol. The van der Waals surface area contributed by atoms with Crippen LogP contribution >= 0.6 is 0 Å². The highest BCUT2D eigenvalue weighted by molar-refractivity contribution is 5.19. The first-order valence-corrected chi connectivity index (χ1v) is 10.8. The van der Waals surface area contributed by atoms with Crippen molar-refractivity contribution in [1.29, 1.82) is 0 Å². The Morgan fingerprint density at radius 1 is 1.04 bits per heavy atom. The summed E-state index contributed by atoms with van der Waals surface area (Å²) in [5.74, 6) is 0.887. The average molecular weight is 365 g/mol. The molecule has 1 heterocycles. The molecular formula is C22H36O4. The Morgan fingerprint density at radius 3 is 2.38 bits per heavy atom. The predicted octanol–water partition coefficient (Wildman–Crippen LogP) is 3.66. The van der Waals surface area contributed by atoms with Gasteiger partial charge in [-0.3, -0.25) is 0 Å².